The predicted molar refractivity (Wildman–Crippen MR) is 112 cm³/mol. The van der Waals surface area contributed by atoms with E-state index in [4.69, 9.17) is 17.3 Å². The molecule has 0 bridgehead atoms. The zero-order chi connectivity index (χ0) is 20.2. The highest BCUT2D eigenvalue weighted by Gasteiger charge is 2.38. The van der Waals surface area contributed by atoms with Gasteiger partial charge in [-0.2, -0.15) is 0 Å². The highest BCUT2D eigenvalue weighted by molar-refractivity contribution is 7.80. The molecular weight excluding hydrogens is 368 g/mol. The Morgan fingerprint density at radius 2 is 1.81 bits per heavy atom. The Hall–Kier alpha value is -1.27. The number of rotatable bonds is 4. The minimum absolute atomic E-state index is 0. The van der Waals surface area contributed by atoms with Gasteiger partial charge in [0.15, 0.2) is 11.9 Å². The summed E-state index contributed by atoms with van der Waals surface area (Å²) < 4.78 is 0. The summed E-state index contributed by atoms with van der Waals surface area (Å²) >= 11 is 10.5. The van der Waals surface area contributed by atoms with Crippen molar-refractivity contribution in [3.8, 4) is 0 Å². The monoisotopic (exact) mass is 396 g/mol. The number of aldehydes is 1. The summed E-state index contributed by atoms with van der Waals surface area (Å²) in [5.41, 5.74) is 5.32. The highest BCUT2D eigenvalue weighted by Crippen LogP contribution is 2.38. The number of nitrogens with one attached hydrogen (secondary N) is 1. The topological polar surface area (TPSA) is 75.3 Å². The van der Waals surface area contributed by atoms with Gasteiger partial charge in [0, 0.05) is 28.8 Å². The van der Waals surface area contributed by atoms with Crippen LogP contribution in [0.4, 0.5) is 0 Å². The first-order valence-corrected chi connectivity index (χ1v) is 9.22. The molecule has 0 radical (unpaired) electrons. The quantitative estimate of drug-likeness (QED) is 0.357. The molecule has 1 aromatic carbocycles. The van der Waals surface area contributed by atoms with Gasteiger partial charge in [-0.1, -0.05) is 18.2 Å². The summed E-state index contributed by atoms with van der Waals surface area (Å²) in [6.07, 6.45) is 4.72. The Morgan fingerprint density at radius 1 is 1.31 bits per heavy atom. The standard InChI is InChI=1S/C16H18ClNO2S.C4H11N/c1-15(17)8-7-13(14(9-15)18-2)16(20,10-19)11-3-5-12(21)6-4-11;1-4(2,3)5/h3-7,9-10,18,20-21H,8H2,1-2H3;5H2,1-3H3. The highest BCUT2D eigenvalue weighted by atomic mass is 35.5. The molecule has 0 saturated carbocycles. The molecule has 26 heavy (non-hydrogen) atoms. The maximum atomic E-state index is 11.6. The van der Waals surface area contributed by atoms with Crippen LogP contribution in [0.25, 0.3) is 0 Å². The number of halogens is 1. The van der Waals surface area contributed by atoms with Crippen LogP contribution in [-0.2, 0) is 10.4 Å². The molecule has 4 nitrogen and oxygen atoms in total. The lowest BCUT2D eigenvalue weighted by Crippen LogP contribution is -2.36. The molecule has 2 rings (SSSR count). The first-order chi connectivity index (χ1) is 11.8. The molecule has 0 fully saturated rings. The Bertz CT molecular complexity index is 685. The van der Waals surface area contributed by atoms with Crippen LogP contribution in [0.3, 0.4) is 0 Å². The summed E-state index contributed by atoms with van der Waals surface area (Å²) in [4.78, 5) is 11.9. The molecule has 6 heteroatoms. The van der Waals surface area contributed by atoms with Crippen LogP contribution in [0.2, 0.25) is 0 Å². The number of thiol groups is 1. The zero-order valence-electron chi connectivity index (χ0n) is 16.0. The van der Waals surface area contributed by atoms with Gasteiger partial charge in [0.05, 0.1) is 4.87 Å². The lowest BCUT2D eigenvalue weighted by Gasteiger charge is -2.33. The van der Waals surface area contributed by atoms with Gasteiger partial charge in [0.1, 0.15) is 0 Å². The van der Waals surface area contributed by atoms with Crippen molar-refractivity contribution in [1.29, 1.82) is 0 Å². The lowest BCUT2D eigenvalue weighted by atomic mass is 9.81. The predicted octanol–water partition coefficient (Wildman–Crippen LogP) is 3.54. The van der Waals surface area contributed by atoms with Crippen LogP contribution in [0.1, 0.15) is 39.7 Å². The summed E-state index contributed by atoms with van der Waals surface area (Å²) in [5, 5.41) is 13.9. The first-order valence-electron chi connectivity index (χ1n) is 8.40. The number of nitrogens with two attached hydrogens (primary N) is 1. The van der Waals surface area contributed by atoms with Gasteiger partial charge in [0.25, 0.3) is 0 Å². The second-order valence-electron chi connectivity index (χ2n) is 7.71. The van der Waals surface area contributed by atoms with Gasteiger partial charge < -0.3 is 16.2 Å². The SMILES string of the molecule is CC(C)(C)N.CNC1=CC(C)(Cl)CC=C1C(O)(C=O)c1ccc(S)cc1. The van der Waals surface area contributed by atoms with Crippen LogP contribution in [0.15, 0.2) is 52.6 Å². The van der Waals surface area contributed by atoms with Gasteiger partial charge in [-0.05, 0) is 57.9 Å². The maximum Gasteiger partial charge on any atom is 0.172 e. The fourth-order valence-corrected chi connectivity index (χ4v) is 2.75. The van der Waals surface area contributed by atoms with Crippen molar-refractivity contribution in [3.05, 3.63) is 53.3 Å². The molecule has 0 spiro atoms. The van der Waals surface area contributed by atoms with Gasteiger partial charge in [-0.3, -0.25) is 4.79 Å². The van der Waals surface area contributed by atoms with Crippen LogP contribution in [0.5, 0.6) is 0 Å². The number of alkyl halides is 1. The smallest absolute Gasteiger partial charge is 0.172 e. The van der Waals surface area contributed by atoms with Crippen molar-refractivity contribution in [2.24, 2.45) is 5.73 Å². The van der Waals surface area contributed by atoms with E-state index in [-0.39, 0.29) is 5.54 Å². The van der Waals surface area contributed by atoms with E-state index in [1.165, 1.54) is 0 Å². The summed E-state index contributed by atoms with van der Waals surface area (Å²) in [5.74, 6) is 0. The molecule has 144 valence electrons. The van der Waals surface area contributed by atoms with E-state index >= 15 is 0 Å². The van der Waals surface area contributed by atoms with E-state index in [0.29, 0.717) is 29.5 Å². The third kappa shape index (κ3) is 6.47. The Balaban J connectivity index is 0.000000597. The Kier molecular flexibility index (Phi) is 7.54. The summed E-state index contributed by atoms with van der Waals surface area (Å²) in [6, 6.07) is 6.87. The molecule has 1 aromatic rings. The average Bonchev–Trinajstić information content (AvgIpc) is 2.52. The third-order valence-electron chi connectivity index (χ3n) is 3.60. The molecule has 1 aliphatic carbocycles. The number of benzene rings is 1. The van der Waals surface area contributed by atoms with Gasteiger partial charge in [-0.15, -0.1) is 24.2 Å². The number of allylic oxidation sites excluding steroid dienone is 2. The third-order valence-corrected chi connectivity index (χ3v) is 4.16. The van der Waals surface area contributed by atoms with Crippen molar-refractivity contribution < 1.29 is 9.90 Å². The number of carbonyl (C=O) groups excluding carboxylic acids is 1. The van der Waals surface area contributed by atoms with Gasteiger partial charge in [0.2, 0.25) is 0 Å². The van der Waals surface area contributed by atoms with Gasteiger partial charge in [-0.25, -0.2) is 0 Å². The number of likely N-dealkylation sites (N-methyl/N-ethyl adjacent to an activating group) is 1. The van der Waals surface area contributed by atoms with Crippen LogP contribution in [0, 0.1) is 0 Å². The van der Waals surface area contributed by atoms with E-state index in [0.717, 1.165) is 4.90 Å². The molecule has 4 N–H and O–H groups in total. The molecular formula is C20H29ClN2O2S. The minimum atomic E-state index is -1.70. The van der Waals surface area contributed by atoms with E-state index in [1.807, 2.05) is 39.8 Å². The van der Waals surface area contributed by atoms with Crippen molar-refractivity contribution in [3.63, 3.8) is 0 Å². The average molecular weight is 397 g/mol. The molecule has 0 aliphatic heterocycles. The minimum Gasteiger partial charge on any atom is -0.388 e. The van der Waals surface area contributed by atoms with E-state index in [1.54, 1.807) is 31.3 Å². The molecule has 0 aromatic heterocycles. The Morgan fingerprint density at radius 3 is 2.23 bits per heavy atom. The molecule has 0 saturated heterocycles. The zero-order valence-corrected chi connectivity index (χ0v) is 17.7. The number of carbonyl (C=O) groups is 1. The molecule has 1 aliphatic rings. The van der Waals surface area contributed by atoms with Crippen molar-refractivity contribution in [1.82, 2.24) is 5.32 Å². The van der Waals surface area contributed by atoms with E-state index in [9.17, 15) is 9.90 Å². The number of hydrogen-bond donors (Lipinski definition) is 4. The Labute approximate surface area is 166 Å². The van der Waals surface area contributed by atoms with Crippen LogP contribution < -0.4 is 11.1 Å². The lowest BCUT2D eigenvalue weighted by molar-refractivity contribution is -0.121. The largest absolute Gasteiger partial charge is 0.388 e. The van der Waals surface area contributed by atoms with Crippen molar-refractivity contribution in [2.75, 3.05) is 7.05 Å². The fourth-order valence-electron chi connectivity index (χ4n) is 2.42. The van der Waals surface area contributed by atoms with E-state index in [2.05, 4.69) is 17.9 Å². The van der Waals surface area contributed by atoms with Crippen LogP contribution >= 0.6 is 24.2 Å². The number of hydrogen-bond acceptors (Lipinski definition) is 5. The molecule has 2 unspecified atom stereocenters. The second-order valence-corrected chi connectivity index (χ2v) is 9.08. The second kappa shape index (κ2) is 8.61. The first kappa shape index (κ1) is 22.8. The molecule has 0 heterocycles. The summed E-state index contributed by atoms with van der Waals surface area (Å²) in [7, 11) is 1.74. The maximum absolute atomic E-state index is 11.6. The number of aliphatic hydroxyl groups is 1. The van der Waals surface area contributed by atoms with Crippen molar-refractivity contribution >= 4 is 30.5 Å². The van der Waals surface area contributed by atoms with E-state index < -0.39 is 10.5 Å². The fraction of sp³-hybridized carbons (Fsp3) is 0.450. The molecule has 2 atom stereocenters. The summed E-state index contributed by atoms with van der Waals surface area (Å²) in [6.45, 7) is 7.78. The van der Waals surface area contributed by atoms with Gasteiger partial charge >= 0.3 is 0 Å². The molecule has 0 amide bonds. The normalized spacial score (nSPS) is 22.2. The van der Waals surface area contributed by atoms with Crippen LogP contribution in [-0.4, -0.2) is 28.9 Å². The van der Waals surface area contributed by atoms with Crippen molar-refractivity contribution in [2.45, 2.75) is 55.0 Å².